The van der Waals surface area contributed by atoms with E-state index in [1.807, 2.05) is 78.9 Å². The Labute approximate surface area is 193 Å². The van der Waals surface area contributed by atoms with E-state index in [-0.39, 0.29) is 11.8 Å². The summed E-state index contributed by atoms with van der Waals surface area (Å²) in [5.41, 5.74) is 4.04. The van der Waals surface area contributed by atoms with E-state index in [1.165, 1.54) is 22.2 Å². The highest BCUT2D eigenvalue weighted by Crippen LogP contribution is 2.38. The Morgan fingerprint density at radius 1 is 0.844 bits per heavy atom. The number of benzene rings is 3. The second-order valence-corrected chi connectivity index (χ2v) is 9.07. The Balaban J connectivity index is 1.70. The topological polar surface area (TPSA) is 49.4 Å². The average Bonchev–Trinajstić information content (AvgIpc) is 3.04. The van der Waals surface area contributed by atoms with Gasteiger partial charge in [-0.1, -0.05) is 75.0 Å². The number of aryl methyl sites for hydroxylation is 1. The van der Waals surface area contributed by atoms with Gasteiger partial charge in [0.1, 0.15) is 10.6 Å². The first-order chi connectivity index (χ1) is 15.5. The number of amides is 2. The molecule has 1 aliphatic heterocycles. The first-order valence-corrected chi connectivity index (χ1v) is 11.6. The number of carbonyl (C=O) groups is 2. The molecule has 5 heteroatoms. The molecule has 1 N–H and O–H groups in total. The van der Waals surface area contributed by atoms with E-state index in [1.54, 1.807) is 0 Å². The number of anilines is 2. The Bertz CT molecular complexity index is 1150. The molecule has 4 rings (SSSR count). The molecule has 0 atom stereocenters. The van der Waals surface area contributed by atoms with Crippen LogP contribution in [0.2, 0.25) is 0 Å². The van der Waals surface area contributed by atoms with Crippen LogP contribution in [0, 0.1) is 0 Å². The van der Waals surface area contributed by atoms with Gasteiger partial charge in [0.25, 0.3) is 11.8 Å². The number of rotatable bonds is 7. The quantitative estimate of drug-likeness (QED) is 0.433. The fraction of sp³-hybridized carbons (Fsp3) is 0.185. The molecule has 1 aliphatic rings. The summed E-state index contributed by atoms with van der Waals surface area (Å²) in [6.45, 7) is 6.33. The zero-order chi connectivity index (χ0) is 22.7. The molecule has 0 bridgehead atoms. The summed E-state index contributed by atoms with van der Waals surface area (Å²) in [7, 11) is 0. The minimum atomic E-state index is -0.342. The predicted molar refractivity (Wildman–Crippen MR) is 132 cm³/mol. The van der Waals surface area contributed by atoms with Gasteiger partial charge in [-0.25, -0.2) is 4.90 Å². The lowest BCUT2D eigenvalue weighted by Gasteiger charge is -2.16. The summed E-state index contributed by atoms with van der Waals surface area (Å²) in [4.78, 5) is 29.4. The smallest absolute Gasteiger partial charge is 0.283 e. The standard InChI is InChI=1S/C27H26N2O2S/c1-4-19-10-14-21(15-11-19)28-24-25(32-23-8-6-5-7-9-23)27(31)29(26(24)30)22-16-12-20(13-17-22)18(2)3/h5-18,28H,4H2,1-3H3. The largest absolute Gasteiger partial charge is 0.350 e. The maximum Gasteiger partial charge on any atom is 0.283 e. The molecular weight excluding hydrogens is 416 g/mol. The summed E-state index contributed by atoms with van der Waals surface area (Å²) < 4.78 is 0. The number of hydrogen-bond acceptors (Lipinski definition) is 4. The normalized spacial score (nSPS) is 13.9. The lowest BCUT2D eigenvalue weighted by Crippen LogP contribution is -2.32. The van der Waals surface area contributed by atoms with Crippen LogP contribution in [0.1, 0.15) is 37.8 Å². The first-order valence-electron chi connectivity index (χ1n) is 10.8. The van der Waals surface area contributed by atoms with Crippen LogP contribution in [0.5, 0.6) is 0 Å². The SMILES string of the molecule is CCc1ccc(NC2=C(Sc3ccccc3)C(=O)N(c3ccc(C(C)C)cc3)C2=O)cc1. The van der Waals surface area contributed by atoms with Gasteiger partial charge >= 0.3 is 0 Å². The number of nitrogens with zero attached hydrogens (tertiary/aromatic N) is 1. The van der Waals surface area contributed by atoms with Crippen molar-refractivity contribution in [2.45, 2.75) is 38.0 Å². The number of hydrogen-bond donors (Lipinski definition) is 1. The van der Waals surface area contributed by atoms with Gasteiger partial charge in [-0.05, 0) is 59.9 Å². The van der Waals surface area contributed by atoms with Crippen molar-refractivity contribution in [1.29, 1.82) is 0 Å². The van der Waals surface area contributed by atoms with E-state index >= 15 is 0 Å². The van der Waals surface area contributed by atoms with E-state index in [0.717, 1.165) is 22.6 Å². The van der Waals surface area contributed by atoms with Crippen molar-refractivity contribution >= 4 is 35.0 Å². The second kappa shape index (κ2) is 9.45. The molecule has 3 aromatic rings. The molecule has 0 saturated carbocycles. The van der Waals surface area contributed by atoms with Gasteiger partial charge in [0.05, 0.1) is 5.69 Å². The maximum atomic E-state index is 13.4. The van der Waals surface area contributed by atoms with Gasteiger partial charge in [-0.2, -0.15) is 0 Å². The van der Waals surface area contributed by atoms with Crippen molar-refractivity contribution < 1.29 is 9.59 Å². The van der Waals surface area contributed by atoms with E-state index in [2.05, 4.69) is 26.1 Å². The minimum Gasteiger partial charge on any atom is -0.350 e. The van der Waals surface area contributed by atoms with Crippen molar-refractivity contribution in [3.8, 4) is 0 Å². The monoisotopic (exact) mass is 442 g/mol. The van der Waals surface area contributed by atoms with Crippen molar-refractivity contribution in [3.63, 3.8) is 0 Å². The Kier molecular flexibility index (Phi) is 6.47. The van der Waals surface area contributed by atoms with Crippen molar-refractivity contribution in [1.82, 2.24) is 0 Å². The number of nitrogens with one attached hydrogen (secondary N) is 1. The summed E-state index contributed by atoms with van der Waals surface area (Å²) >= 11 is 1.31. The van der Waals surface area contributed by atoms with E-state index in [9.17, 15) is 9.59 Å². The first kappa shape index (κ1) is 21.9. The lowest BCUT2D eigenvalue weighted by atomic mass is 10.0. The van der Waals surface area contributed by atoms with Crippen LogP contribution in [0.25, 0.3) is 0 Å². The van der Waals surface area contributed by atoms with Crippen LogP contribution < -0.4 is 10.2 Å². The number of thioether (sulfide) groups is 1. The molecule has 32 heavy (non-hydrogen) atoms. The van der Waals surface area contributed by atoms with Gasteiger partial charge in [0.2, 0.25) is 0 Å². The Morgan fingerprint density at radius 3 is 2.09 bits per heavy atom. The van der Waals surface area contributed by atoms with Gasteiger partial charge in [0.15, 0.2) is 0 Å². The minimum absolute atomic E-state index is 0.307. The molecule has 0 aromatic heterocycles. The molecule has 162 valence electrons. The zero-order valence-corrected chi connectivity index (χ0v) is 19.3. The highest BCUT2D eigenvalue weighted by atomic mass is 32.2. The van der Waals surface area contributed by atoms with E-state index in [0.29, 0.717) is 22.2 Å². The molecule has 3 aromatic carbocycles. The fourth-order valence-corrected chi connectivity index (χ4v) is 4.48. The van der Waals surface area contributed by atoms with Crippen LogP contribution in [-0.4, -0.2) is 11.8 Å². The second-order valence-electron chi connectivity index (χ2n) is 7.99. The third-order valence-electron chi connectivity index (χ3n) is 5.45. The molecule has 4 nitrogen and oxygen atoms in total. The van der Waals surface area contributed by atoms with Crippen LogP contribution >= 0.6 is 11.8 Å². The van der Waals surface area contributed by atoms with Crippen LogP contribution in [0.15, 0.2) is 94.4 Å². The van der Waals surface area contributed by atoms with Crippen molar-refractivity contribution in [2.75, 3.05) is 10.2 Å². The van der Waals surface area contributed by atoms with E-state index < -0.39 is 0 Å². The van der Waals surface area contributed by atoms with Crippen LogP contribution in [-0.2, 0) is 16.0 Å². The van der Waals surface area contributed by atoms with Gasteiger partial charge in [-0.15, -0.1) is 0 Å². The summed E-state index contributed by atoms with van der Waals surface area (Å²) in [5, 5.41) is 3.22. The average molecular weight is 443 g/mol. The van der Waals surface area contributed by atoms with Gasteiger partial charge < -0.3 is 5.32 Å². The van der Waals surface area contributed by atoms with Crippen molar-refractivity contribution in [3.05, 3.63) is 101 Å². The maximum absolute atomic E-state index is 13.4. The van der Waals surface area contributed by atoms with E-state index in [4.69, 9.17) is 0 Å². The lowest BCUT2D eigenvalue weighted by molar-refractivity contribution is -0.120. The van der Waals surface area contributed by atoms with Gasteiger partial charge in [-0.3, -0.25) is 9.59 Å². The van der Waals surface area contributed by atoms with Crippen LogP contribution in [0.3, 0.4) is 0 Å². The zero-order valence-electron chi connectivity index (χ0n) is 18.5. The molecule has 0 saturated heterocycles. The molecule has 1 heterocycles. The third kappa shape index (κ3) is 4.48. The predicted octanol–water partition coefficient (Wildman–Crippen LogP) is 6.36. The molecule has 2 amide bonds. The van der Waals surface area contributed by atoms with Gasteiger partial charge in [0, 0.05) is 10.6 Å². The highest BCUT2D eigenvalue weighted by molar-refractivity contribution is 8.04. The summed E-state index contributed by atoms with van der Waals surface area (Å²) in [6, 6.07) is 25.2. The Morgan fingerprint density at radius 2 is 1.50 bits per heavy atom. The molecule has 0 radical (unpaired) electrons. The van der Waals surface area contributed by atoms with Crippen LogP contribution in [0.4, 0.5) is 11.4 Å². The molecule has 0 fully saturated rings. The number of carbonyl (C=O) groups excluding carboxylic acids is 2. The number of imide groups is 1. The highest BCUT2D eigenvalue weighted by Gasteiger charge is 2.40. The van der Waals surface area contributed by atoms with Crippen molar-refractivity contribution in [2.24, 2.45) is 0 Å². The summed E-state index contributed by atoms with van der Waals surface area (Å²) in [6.07, 6.45) is 0.940. The molecule has 0 unspecified atom stereocenters. The molecular formula is C27H26N2O2S. The summed E-state index contributed by atoms with van der Waals surface area (Å²) in [5.74, 6) is -0.279. The Hall–Kier alpha value is -3.31. The molecule has 0 aliphatic carbocycles. The fourth-order valence-electron chi connectivity index (χ4n) is 3.53. The third-order valence-corrected chi connectivity index (χ3v) is 6.54. The molecule has 0 spiro atoms.